The molecule has 37 heavy (non-hydrogen) atoms. The normalized spacial score (nSPS) is 14.7. The quantitative estimate of drug-likeness (QED) is 0.333. The summed E-state index contributed by atoms with van der Waals surface area (Å²) < 4.78 is 18.9. The highest BCUT2D eigenvalue weighted by Gasteiger charge is 2.23. The topological polar surface area (TPSA) is 70.0 Å². The van der Waals surface area contributed by atoms with Crippen LogP contribution in [0, 0.1) is 6.92 Å². The molecule has 7 nitrogen and oxygen atoms in total. The van der Waals surface area contributed by atoms with Crippen molar-refractivity contribution in [2.75, 3.05) is 31.7 Å². The molecule has 2 heterocycles. The number of anilines is 1. The summed E-state index contributed by atoms with van der Waals surface area (Å²) in [7, 11) is 2.05. The molecule has 1 atom stereocenters. The second-order valence-corrected chi connectivity index (χ2v) is 9.29. The van der Waals surface area contributed by atoms with Gasteiger partial charge < -0.3 is 19.1 Å². The van der Waals surface area contributed by atoms with Gasteiger partial charge in [0.2, 0.25) is 0 Å². The third kappa shape index (κ3) is 5.16. The average molecular weight is 499 g/mol. The van der Waals surface area contributed by atoms with Crippen LogP contribution in [0.2, 0.25) is 0 Å². The number of nitrogens with zero attached hydrogens (tertiary/aromatic N) is 2. The molecule has 7 heteroatoms. The fourth-order valence-electron chi connectivity index (χ4n) is 4.81. The molecule has 1 aromatic heterocycles. The van der Waals surface area contributed by atoms with Crippen molar-refractivity contribution in [1.82, 2.24) is 4.57 Å². The van der Waals surface area contributed by atoms with Crippen LogP contribution in [-0.4, -0.2) is 49.4 Å². The van der Waals surface area contributed by atoms with Crippen LogP contribution in [0.3, 0.4) is 0 Å². The number of rotatable bonds is 7. The molecular weight excluding hydrogens is 468 g/mol. The van der Waals surface area contributed by atoms with Gasteiger partial charge in [0.25, 0.3) is 5.91 Å². The summed E-state index contributed by atoms with van der Waals surface area (Å²) in [6.45, 7) is 4.77. The Kier molecular flexibility index (Phi) is 6.86. The molecule has 0 radical (unpaired) electrons. The summed E-state index contributed by atoms with van der Waals surface area (Å²) >= 11 is 0. The molecule has 0 amide bonds. The Morgan fingerprint density at radius 2 is 1.81 bits per heavy atom. The minimum absolute atomic E-state index is 0.0925. The molecule has 0 unspecified atom stereocenters. The van der Waals surface area contributed by atoms with Crippen LogP contribution in [0.1, 0.15) is 28.5 Å². The molecule has 4 aromatic rings. The minimum Gasteiger partial charge on any atom is -0.490 e. The van der Waals surface area contributed by atoms with Crippen LogP contribution in [0.25, 0.3) is 10.9 Å². The third-order valence-electron chi connectivity index (χ3n) is 6.58. The predicted octanol–water partition coefficient (Wildman–Crippen LogP) is 5.02. The molecule has 1 aliphatic heterocycles. The number of hydrogen-bond acceptors (Lipinski definition) is 6. The lowest BCUT2D eigenvalue weighted by molar-refractivity contribution is -0.140. The molecular formula is C30H30N2O5. The van der Waals surface area contributed by atoms with Gasteiger partial charge in [-0.15, -0.1) is 0 Å². The first kappa shape index (κ1) is 24.4. The number of likely N-dealkylation sites (N-methyl/N-ethyl adjacent to an activating group) is 1. The number of ether oxygens (including phenoxy) is 3. The fourth-order valence-corrected chi connectivity index (χ4v) is 4.81. The Labute approximate surface area is 216 Å². The number of fused-ring (bicyclic) bond motifs is 2. The van der Waals surface area contributed by atoms with Crippen LogP contribution in [0.4, 0.5) is 5.69 Å². The summed E-state index contributed by atoms with van der Waals surface area (Å²) in [4.78, 5) is 26.7. The largest absolute Gasteiger partial charge is 0.490 e. The van der Waals surface area contributed by atoms with Crippen molar-refractivity contribution in [1.29, 1.82) is 0 Å². The molecule has 0 spiro atoms. The van der Waals surface area contributed by atoms with E-state index < -0.39 is 0 Å². The third-order valence-corrected chi connectivity index (χ3v) is 6.58. The molecule has 190 valence electrons. The molecule has 0 saturated heterocycles. The van der Waals surface area contributed by atoms with E-state index in [0.29, 0.717) is 30.9 Å². The number of benzene rings is 3. The SMILES string of the molecule is CC(=O)OCCc1cccc2c1cc(C)n2C(=O)c1ccc(OC[C@@H]2CN(C)c3ccccc3O2)cc1. The number of esters is 1. The van der Waals surface area contributed by atoms with Crippen LogP contribution >= 0.6 is 0 Å². The van der Waals surface area contributed by atoms with Crippen molar-refractivity contribution >= 4 is 28.5 Å². The van der Waals surface area contributed by atoms with E-state index in [9.17, 15) is 9.59 Å². The summed E-state index contributed by atoms with van der Waals surface area (Å²) in [6, 6.07) is 23.1. The Hall–Kier alpha value is -4.26. The molecule has 0 fully saturated rings. The van der Waals surface area contributed by atoms with E-state index in [1.165, 1.54) is 6.92 Å². The summed E-state index contributed by atoms with van der Waals surface area (Å²) in [5.74, 6) is 1.13. The second kappa shape index (κ2) is 10.4. The predicted molar refractivity (Wildman–Crippen MR) is 143 cm³/mol. The summed E-state index contributed by atoms with van der Waals surface area (Å²) in [6.07, 6.45) is 0.498. The van der Waals surface area contributed by atoms with Gasteiger partial charge in [0.15, 0.2) is 0 Å². The van der Waals surface area contributed by atoms with Crippen molar-refractivity contribution in [3.8, 4) is 11.5 Å². The highest BCUT2D eigenvalue weighted by molar-refractivity contribution is 6.03. The fraction of sp³-hybridized carbons (Fsp3) is 0.267. The van der Waals surface area contributed by atoms with E-state index in [0.717, 1.165) is 40.1 Å². The van der Waals surface area contributed by atoms with Crippen LogP contribution in [-0.2, 0) is 16.0 Å². The molecule has 1 aliphatic rings. The Morgan fingerprint density at radius 3 is 2.59 bits per heavy atom. The van der Waals surface area contributed by atoms with Gasteiger partial charge in [-0.2, -0.15) is 0 Å². The summed E-state index contributed by atoms with van der Waals surface area (Å²) in [5, 5.41) is 0.986. The smallest absolute Gasteiger partial charge is 0.302 e. The summed E-state index contributed by atoms with van der Waals surface area (Å²) in [5.41, 5.74) is 4.36. The molecule has 0 aliphatic carbocycles. The van der Waals surface area contributed by atoms with E-state index in [-0.39, 0.29) is 18.0 Å². The average Bonchev–Trinajstić information content (AvgIpc) is 3.24. The molecule has 0 saturated carbocycles. The number of carbonyl (C=O) groups is 2. The first-order valence-electron chi connectivity index (χ1n) is 12.4. The van der Waals surface area contributed by atoms with Crippen LogP contribution < -0.4 is 14.4 Å². The number of aryl methyl sites for hydroxylation is 1. The maximum atomic E-state index is 13.5. The standard InChI is InChI=1S/C30H30N2O5/c1-20-17-26-22(15-16-35-21(2)33)7-6-9-27(26)32(20)30(34)23-11-13-24(14-12-23)36-19-25-18-31(3)28-8-4-5-10-29(28)37-25/h4-14,17,25H,15-16,18-19H2,1-3H3/t25-/m0/s1. The van der Waals surface area contributed by atoms with E-state index >= 15 is 0 Å². The Bertz CT molecular complexity index is 1440. The van der Waals surface area contributed by atoms with Crippen molar-refractivity contribution in [2.45, 2.75) is 26.4 Å². The molecule has 0 N–H and O–H groups in total. The van der Waals surface area contributed by atoms with Gasteiger partial charge in [-0.05, 0) is 61.0 Å². The Morgan fingerprint density at radius 1 is 1.03 bits per heavy atom. The van der Waals surface area contributed by atoms with E-state index in [2.05, 4.69) is 4.90 Å². The lowest BCUT2D eigenvalue weighted by atomic mass is 10.1. The molecule has 5 rings (SSSR count). The van der Waals surface area contributed by atoms with Gasteiger partial charge in [0, 0.05) is 37.0 Å². The zero-order chi connectivity index (χ0) is 25.9. The number of para-hydroxylation sites is 2. The van der Waals surface area contributed by atoms with Crippen molar-refractivity contribution in [3.05, 3.63) is 89.6 Å². The highest BCUT2D eigenvalue weighted by atomic mass is 16.5. The lowest BCUT2D eigenvalue weighted by Gasteiger charge is -2.33. The van der Waals surface area contributed by atoms with Crippen LogP contribution in [0.5, 0.6) is 11.5 Å². The van der Waals surface area contributed by atoms with Gasteiger partial charge in [-0.25, -0.2) is 0 Å². The van der Waals surface area contributed by atoms with Crippen LogP contribution in [0.15, 0.2) is 72.8 Å². The van der Waals surface area contributed by atoms with Gasteiger partial charge in [-0.1, -0.05) is 24.3 Å². The van der Waals surface area contributed by atoms with E-state index in [1.54, 1.807) is 16.7 Å². The number of aromatic nitrogens is 1. The van der Waals surface area contributed by atoms with Crippen molar-refractivity contribution in [2.24, 2.45) is 0 Å². The highest BCUT2D eigenvalue weighted by Crippen LogP contribution is 2.32. The Balaban J connectivity index is 1.27. The van der Waals surface area contributed by atoms with E-state index in [4.69, 9.17) is 14.2 Å². The maximum absolute atomic E-state index is 13.5. The molecule has 0 bridgehead atoms. The zero-order valence-electron chi connectivity index (χ0n) is 21.3. The van der Waals surface area contributed by atoms with Crippen molar-refractivity contribution < 1.29 is 23.8 Å². The van der Waals surface area contributed by atoms with Gasteiger partial charge >= 0.3 is 5.97 Å². The van der Waals surface area contributed by atoms with Gasteiger partial charge in [0.05, 0.1) is 24.4 Å². The van der Waals surface area contributed by atoms with Gasteiger partial charge in [-0.3, -0.25) is 14.2 Å². The zero-order valence-corrected chi connectivity index (χ0v) is 21.3. The number of hydrogen-bond donors (Lipinski definition) is 0. The monoisotopic (exact) mass is 498 g/mol. The minimum atomic E-state index is -0.299. The van der Waals surface area contributed by atoms with Crippen molar-refractivity contribution in [3.63, 3.8) is 0 Å². The van der Waals surface area contributed by atoms with E-state index in [1.807, 2.05) is 74.6 Å². The number of carbonyl (C=O) groups excluding carboxylic acids is 2. The maximum Gasteiger partial charge on any atom is 0.302 e. The van der Waals surface area contributed by atoms with Gasteiger partial charge in [0.1, 0.15) is 24.2 Å². The first-order valence-corrected chi connectivity index (χ1v) is 12.4. The second-order valence-electron chi connectivity index (χ2n) is 9.29. The lowest BCUT2D eigenvalue weighted by Crippen LogP contribution is -2.41. The first-order chi connectivity index (χ1) is 17.9. The molecule has 3 aromatic carbocycles.